The molecule has 0 saturated carbocycles. The monoisotopic (exact) mass is 514 g/mol. The maximum atomic E-state index is 12.8. The highest BCUT2D eigenvalue weighted by Gasteiger charge is 2.16. The Morgan fingerprint density at radius 3 is 2.69 bits per heavy atom. The zero-order chi connectivity index (χ0) is 25.9. The highest BCUT2D eigenvalue weighted by molar-refractivity contribution is 7.07. The molecule has 0 radical (unpaired) electrons. The van der Waals surface area contributed by atoms with Crippen LogP contribution in [0.4, 0.5) is 16.2 Å². The van der Waals surface area contributed by atoms with Crippen molar-refractivity contribution in [1.29, 1.82) is 5.26 Å². The average Bonchev–Trinajstić information content (AvgIpc) is 3.19. The van der Waals surface area contributed by atoms with Crippen molar-refractivity contribution < 1.29 is 19.1 Å². The largest absolute Gasteiger partial charge is 0.462 e. The van der Waals surface area contributed by atoms with Crippen LogP contribution in [0.25, 0.3) is 11.8 Å². The van der Waals surface area contributed by atoms with Crippen LogP contribution in [0.5, 0.6) is 0 Å². The molecule has 0 spiro atoms. The number of carbonyl (C=O) groups is 2. The number of hydrogen-bond donors (Lipinski definition) is 3. The second-order valence-electron chi connectivity index (χ2n) is 7.73. The Hall–Kier alpha value is -3.66. The molecule has 0 atom stereocenters. The molecule has 1 fully saturated rings. The Labute approximate surface area is 212 Å². The molecule has 1 saturated heterocycles. The van der Waals surface area contributed by atoms with Gasteiger partial charge in [-0.25, -0.2) is 9.59 Å². The van der Waals surface area contributed by atoms with Crippen LogP contribution in [0.3, 0.4) is 0 Å². The summed E-state index contributed by atoms with van der Waals surface area (Å²) in [6, 6.07) is 8.59. The van der Waals surface area contributed by atoms with Crippen LogP contribution in [-0.4, -0.2) is 67.5 Å². The van der Waals surface area contributed by atoms with Gasteiger partial charge < -0.3 is 25.4 Å². The number of hydrogen-bond acceptors (Lipinski definition) is 9. The Morgan fingerprint density at radius 1 is 1.25 bits per heavy atom. The number of rotatable bonds is 9. The van der Waals surface area contributed by atoms with E-state index >= 15 is 0 Å². The zero-order valence-corrected chi connectivity index (χ0v) is 21.2. The molecule has 1 aliphatic heterocycles. The molecule has 1 aliphatic rings. The number of nitriles is 1. The van der Waals surface area contributed by atoms with E-state index in [-0.39, 0.29) is 28.4 Å². The number of ether oxygens (including phenoxy) is 2. The van der Waals surface area contributed by atoms with Gasteiger partial charge in [-0.05, 0) is 32.0 Å². The number of nitrogens with one attached hydrogen (secondary N) is 3. The smallest absolute Gasteiger partial charge is 0.351 e. The van der Waals surface area contributed by atoms with Crippen molar-refractivity contribution >= 4 is 46.5 Å². The number of carbonyl (C=O) groups excluding carboxylic acids is 2. The van der Waals surface area contributed by atoms with E-state index in [0.717, 1.165) is 31.0 Å². The van der Waals surface area contributed by atoms with E-state index in [0.29, 0.717) is 42.2 Å². The van der Waals surface area contributed by atoms with Gasteiger partial charge in [0.05, 0.1) is 19.8 Å². The number of esters is 1. The number of nitrogens with zero attached hydrogens (tertiary/aromatic N) is 3. The minimum Gasteiger partial charge on any atom is -0.462 e. The third kappa shape index (κ3) is 7.17. The number of morpholine rings is 1. The minimum atomic E-state index is -0.759. The van der Waals surface area contributed by atoms with E-state index in [4.69, 9.17) is 9.47 Å². The summed E-state index contributed by atoms with van der Waals surface area (Å²) in [5, 5.41) is 18.2. The van der Waals surface area contributed by atoms with Crippen LogP contribution < -0.4 is 30.7 Å². The van der Waals surface area contributed by atoms with E-state index in [2.05, 4.69) is 20.9 Å². The third-order valence-corrected chi connectivity index (χ3v) is 6.47. The topological polar surface area (TPSA) is 138 Å². The second-order valence-corrected chi connectivity index (χ2v) is 8.76. The predicted molar refractivity (Wildman–Crippen MR) is 138 cm³/mol. The number of benzene rings is 1. The molecule has 0 bridgehead atoms. The van der Waals surface area contributed by atoms with E-state index in [1.54, 1.807) is 38.1 Å². The average molecular weight is 515 g/mol. The molecular formula is C24H30N6O5S. The maximum Gasteiger partial charge on any atom is 0.351 e. The number of thiazole rings is 1. The summed E-state index contributed by atoms with van der Waals surface area (Å²) < 4.78 is 12.2. The lowest BCUT2D eigenvalue weighted by atomic mass is 10.3. The number of urea groups is 1. The van der Waals surface area contributed by atoms with Crippen molar-refractivity contribution in [2.24, 2.45) is 0 Å². The predicted octanol–water partition coefficient (Wildman–Crippen LogP) is 0.471. The van der Waals surface area contributed by atoms with Gasteiger partial charge >= 0.3 is 12.0 Å². The molecule has 2 amide bonds. The fraction of sp³-hybridized carbons (Fsp3) is 0.417. The maximum absolute atomic E-state index is 12.8. The number of amides is 2. The Bertz CT molecular complexity index is 1290. The lowest BCUT2D eigenvalue weighted by molar-refractivity contribution is -0.136. The summed E-state index contributed by atoms with van der Waals surface area (Å²) in [6.45, 7) is 8.26. The third-order valence-electron chi connectivity index (χ3n) is 5.34. The molecule has 3 rings (SSSR count). The van der Waals surface area contributed by atoms with Gasteiger partial charge in [-0.3, -0.25) is 14.3 Å². The van der Waals surface area contributed by atoms with Crippen LogP contribution in [0.1, 0.15) is 13.8 Å². The Balaban J connectivity index is 1.69. The first-order valence-electron chi connectivity index (χ1n) is 11.7. The van der Waals surface area contributed by atoms with Crippen molar-refractivity contribution in [2.75, 3.05) is 56.6 Å². The number of anilines is 2. The van der Waals surface area contributed by atoms with Crippen LogP contribution in [0, 0.1) is 11.3 Å². The molecule has 2 heterocycles. The van der Waals surface area contributed by atoms with Gasteiger partial charge in [0.25, 0.3) is 5.56 Å². The SMILES string of the molecule is CCOC(=O)/C(C#N)=c1\s/c(=C/Nc2cccc(NC(=O)NCCN3CCOCC3)c2)c(=O)n1CC. The Kier molecular flexibility index (Phi) is 10.1. The van der Waals surface area contributed by atoms with Crippen molar-refractivity contribution in [3.63, 3.8) is 0 Å². The highest BCUT2D eigenvalue weighted by Crippen LogP contribution is 2.15. The first-order chi connectivity index (χ1) is 17.5. The van der Waals surface area contributed by atoms with Crippen LogP contribution in [0.2, 0.25) is 0 Å². The first-order valence-corrected chi connectivity index (χ1v) is 12.5. The van der Waals surface area contributed by atoms with Crippen molar-refractivity contribution in [3.8, 4) is 6.07 Å². The van der Waals surface area contributed by atoms with Gasteiger partial charge in [0.1, 0.15) is 15.3 Å². The van der Waals surface area contributed by atoms with Gasteiger partial charge in [0.2, 0.25) is 0 Å². The molecule has 12 heteroatoms. The van der Waals surface area contributed by atoms with E-state index in [1.165, 1.54) is 10.8 Å². The lowest BCUT2D eigenvalue weighted by Crippen LogP contribution is -2.42. The van der Waals surface area contributed by atoms with E-state index in [1.807, 2.05) is 6.07 Å². The Morgan fingerprint density at radius 2 is 2.00 bits per heavy atom. The summed E-state index contributed by atoms with van der Waals surface area (Å²) in [5.41, 5.74) is 0.702. The summed E-state index contributed by atoms with van der Waals surface area (Å²) in [5.74, 6) is -0.759. The zero-order valence-electron chi connectivity index (χ0n) is 20.3. The minimum absolute atomic E-state index is 0.128. The lowest BCUT2D eigenvalue weighted by Gasteiger charge is -2.26. The molecule has 3 N–H and O–H groups in total. The van der Waals surface area contributed by atoms with Crippen molar-refractivity contribution in [3.05, 3.63) is 43.8 Å². The highest BCUT2D eigenvalue weighted by atomic mass is 32.1. The fourth-order valence-corrected chi connectivity index (χ4v) is 4.62. The van der Waals surface area contributed by atoms with Crippen LogP contribution in [-0.2, 0) is 20.8 Å². The van der Waals surface area contributed by atoms with Gasteiger partial charge in [-0.15, -0.1) is 11.3 Å². The fourth-order valence-electron chi connectivity index (χ4n) is 3.54. The van der Waals surface area contributed by atoms with Crippen molar-refractivity contribution in [1.82, 2.24) is 14.8 Å². The van der Waals surface area contributed by atoms with Gasteiger partial charge in [-0.2, -0.15) is 5.26 Å². The van der Waals surface area contributed by atoms with E-state index < -0.39 is 5.97 Å². The van der Waals surface area contributed by atoms with Crippen molar-refractivity contribution in [2.45, 2.75) is 20.4 Å². The first kappa shape index (κ1) is 26.9. The normalized spacial score (nSPS) is 15.1. The number of aromatic nitrogens is 1. The quantitative estimate of drug-likeness (QED) is 0.411. The molecule has 36 heavy (non-hydrogen) atoms. The molecule has 0 unspecified atom stereocenters. The molecule has 192 valence electrons. The van der Waals surface area contributed by atoms with Gasteiger partial charge in [0.15, 0.2) is 5.57 Å². The molecule has 1 aromatic carbocycles. The summed E-state index contributed by atoms with van der Waals surface area (Å²) in [4.78, 5) is 39.5. The van der Waals surface area contributed by atoms with Gasteiger partial charge in [0, 0.05) is 50.3 Å². The molecule has 11 nitrogen and oxygen atoms in total. The van der Waals surface area contributed by atoms with Crippen LogP contribution >= 0.6 is 11.3 Å². The van der Waals surface area contributed by atoms with Crippen LogP contribution in [0.15, 0.2) is 29.1 Å². The second kappa shape index (κ2) is 13.4. The summed E-state index contributed by atoms with van der Waals surface area (Å²) >= 11 is 1.03. The summed E-state index contributed by atoms with van der Waals surface area (Å²) in [6.07, 6.45) is 1.52. The molecule has 2 aromatic rings. The molecule has 1 aromatic heterocycles. The molecular weight excluding hydrogens is 484 g/mol. The van der Waals surface area contributed by atoms with E-state index in [9.17, 15) is 19.6 Å². The van der Waals surface area contributed by atoms with Gasteiger partial charge in [-0.1, -0.05) is 6.07 Å². The standard InChI is InChI=1S/C24H30N6O5S/c1-3-30-21(31)20(36-22(30)19(15-25)23(32)35-4-2)16-27-17-6-5-7-18(14-17)28-24(33)26-8-9-29-10-12-34-13-11-29/h5-7,14,16,27H,3-4,8-13H2,1-2H3,(H2,26,28,33)/b20-16+,22-19-. The molecule has 0 aliphatic carbocycles. The summed E-state index contributed by atoms with van der Waals surface area (Å²) in [7, 11) is 0.